The van der Waals surface area contributed by atoms with E-state index in [-0.39, 0.29) is 18.3 Å². The van der Waals surface area contributed by atoms with Crippen molar-refractivity contribution in [3.63, 3.8) is 0 Å². The molecule has 158 valence electrons. The van der Waals surface area contributed by atoms with Crippen molar-refractivity contribution in [1.29, 1.82) is 0 Å². The van der Waals surface area contributed by atoms with Crippen LogP contribution >= 0.6 is 0 Å². The van der Waals surface area contributed by atoms with Gasteiger partial charge in [0, 0.05) is 26.0 Å². The zero-order chi connectivity index (χ0) is 21.3. The smallest absolute Gasteiger partial charge is 0.194 e. The van der Waals surface area contributed by atoms with Gasteiger partial charge in [-0.05, 0) is 65.6 Å². The second kappa shape index (κ2) is 6.62. The van der Waals surface area contributed by atoms with Gasteiger partial charge in [0.05, 0.1) is 7.11 Å². The van der Waals surface area contributed by atoms with E-state index in [2.05, 4.69) is 18.2 Å². The summed E-state index contributed by atoms with van der Waals surface area (Å²) in [5, 5.41) is 13.0. The molecule has 6 nitrogen and oxygen atoms in total. The number of carbonyl (C=O) groups is 1. The molecule has 3 atom stereocenters. The number of rotatable bonds is 5. The Balaban J connectivity index is 1.75. The van der Waals surface area contributed by atoms with Gasteiger partial charge in [-0.1, -0.05) is 12.1 Å². The highest BCUT2D eigenvalue weighted by Crippen LogP contribution is 2.64. The number of ketones is 1. The molecule has 0 saturated carbocycles. The number of carbonyl (C=O) groups excluding carboxylic acids is 1. The largest absolute Gasteiger partial charge is 0.496 e. The summed E-state index contributed by atoms with van der Waals surface area (Å²) in [6, 6.07) is 10.2. The molecule has 2 aromatic carbocycles. The molecule has 0 fully saturated rings. The Kier molecular flexibility index (Phi) is 4.35. The Morgan fingerprint density at radius 2 is 2.00 bits per heavy atom. The molecule has 2 bridgehead atoms. The van der Waals surface area contributed by atoms with Crippen molar-refractivity contribution in [2.75, 3.05) is 21.3 Å². The molecule has 0 amide bonds. The Bertz CT molecular complexity index is 1080. The highest BCUT2D eigenvalue weighted by molar-refractivity contribution is 5.91. The van der Waals surface area contributed by atoms with Crippen LogP contribution in [0.15, 0.2) is 41.5 Å². The van der Waals surface area contributed by atoms with Gasteiger partial charge in [-0.15, -0.1) is 0 Å². The van der Waals surface area contributed by atoms with Gasteiger partial charge in [-0.25, -0.2) is 0 Å². The van der Waals surface area contributed by atoms with Gasteiger partial charge in [0.15, 0.2) is 17.7 Å². The second-order valence-corrected chi connectivity index (χ2v) is 8.43. The SMILES string of the molecule is COc1cccc2cc3c(cc12)[C@H]1O[C@]3(C(OC)OC)C2=C1C[C@@](O)(C(C)=O)CC2. The molecule has 1 N–H and O–H groups in total. The topological polar surface area (TPSA) is 74.2 Å². The van der Waals surface area contributed by atoms with Crippen molar-refractivity contribution in [3.8, 4) is 5.75 Å². The third-order valence-corrected chi connectivity index (χ3v) is 7.06. The quantitative estimate of drug-likeness (QED) is 0.600. The summed E-state index contributed by atoms with van der Waals surface area (Å²) >= 11 is 0. The van der Waals surface area contributed by atoms with Crippen LogP contribution in [0.4, 0.5) is 0 Å². The van der Waals surface area contributed by atoms with Crippen LogP contribution in [-0.2, 0) is 24.6 Å². The first kappa shape index (κ1) is 19.7. The number of aliphatic hydroxyl groups is 1. The standard InChI is InChI=1S/C24H26O6/c1-13(25)23(26)9-8-18-17(12-23)21-16-11-15-14(6-5-7-20(15)27-2)10-19(16)24(18,30-21)22(28-3)29-4/h5-7,10-11,21-22,26H,8-9,12H2,1-4H3/t21-,23-,24-/m1/s1. The molecular formula is C24H26O6. The minimum Gasteiger partial charge on any atom is -0.496 e. The molecule has 0 aromatic heterocycles. The zero-order valence-corrected chi connectivity index (χ0v) is 17.7. The first-order chi connectivity index (χ1) is 14.4. The maximum absolute atomic E-state index is 12.2. The van der Waals surface area contributed by atoms with Gasteiger partial charge in [-0.2, -0.15) is 0 Å². The van der Waals surface area contributed by atoms with E-state index in [9.17, 15) is 9.90 Å². The molecule has 5 rings (SSSR count). The van der Waals surface area contributed by atoms with Crippen molar-refractivity contribution >= 4 is 16.6 Å². The lowest BCUT2D eigenvalue weighted by Crippen LogP contribution is -2.46. The highest BCUT2D eigenvalue weighted by atomic mass is 16.7. The van der Waals surface area contributed by atoms with Gasteiger partial charge in [0.1, 0.15) is 17.5 Å². The number of ether oxygens (including phenoxy) is 4. The summed E-state index contributed by atoms with van der Waals surface area (Å²) in [5.74, 6) is 0.585. The summed E-state index contributed by atoms with van der Waals surface area (Å²) in [7, 11) is 4.88. The molecule has 6 heteroatoms. The van der Waals surface area contributed by atoms with Crippen LogP contribution in [0.1, 0.15) is 43.4 Å². The molecule has 0 radical (unpaired) electrons. The lowest BCUT2D eigenvalue weighted by Gasteiger charge is -2.40. The van der Waals surface area contributed by atoms with E-state index in [1.54, 1.807) is 21.3 Å². The number of Topliss-reactive ketones (excluding diaryl/α,β-unsaturated/α-hetero) is 1. The van der Waals surface area contributed by atoms with E-state index in [0.717, 1.165) is 38.8 Å². The van der Waals surface area contributed by atoms with Gasteiger partial charge in [0.2, 0.25) is 0 Å². The van der Waals surface area contributed by atoms with Gasteiger partial charge < -0.3 is 24.1 Å². The molecule has 2 aromatic rings. The summed E-state index contributed by atoms with van der Waals surface area (Å²) in [4.78, 5) is 12.2. The average molecular weight is 410 g/mol. The number of benzene rings is 2. The van der Waals surface area contributed by atoms with E-state index in [4.69, 9.17) is 18.9 Å². The molecule has 0 saturated heterocycles. The van der Waals surface area contributed by atoms with Crippen molar-refractivity contribution in [2.45, 2.75) is 49.8 Å². The molecule has 0 spiro atoms. The maximum Gasteiger partial charge on any atom is 0.194 e. The molecule has 3 aliphatic rings. The predicted octanol–water partition coefficient (Wildman–Crippen LogP) is 3.55. The molecule has 2 aliphatic heterocycles. The minimum absolute atomic E-state index is 0.207. The van der Waals surface area contributed by atoms with Crippen LogP contribution in [0.3, 0.4) is 0 Å². The van der Waals surface area contributed by atoms with Crippen LogP contribution < -0.4 is 4.74 Å². The summed E-state index contributed by atoms with van der Waals surface area (Å²) in [5.41, 5.74) is 1.85. The van der Waals surface area contributed by atoms with Gasteiger partial charge in [-0.3, -0.25) is 4.79 Å². The number of hydrogen-bond acceptors (Lipinski definition) is 6. The summed E-state index contributed by atoms with van der Waals surface area (Å²) in [6.45, 7) is 1.45. The predicted molar refractivity (Wildman–Crippen MR) is 110 cm³/mol. The minimum atomic E-state index is -1.35. The second-order valence-electron chi connectivity index (χ2n) is 8.43. The number of hydrogen-bond donors (Lipinski definition) is 1. The zero-order valence-electron chi connectivity index (χ0n) is 17.7. The van der Waals surface area contributed by atoms with E-state index in [1.807, 2.05) is 12.1 Å². The van der Waals surface area contributed by atoms with Crippen molar-refractivity contribution in [3.05, 3.63) is 52.6 Å². The fraction of sp³-hybridized carbons (Fsp3) is 0.458. The monoisotopic (exact) mass is 410 g/mol. The van der Waals surface area contributed by atoms with Crippen molar-refractivity contribution in [2.24, 2.45) is 0 Å². The first-order valence-electron chi connectivity index (χ1n) is 10.2. The van der Waals surface area contributed by atoms with Crippen LogP contribution in [0, 0.1) is 0 Å². The Labute approximate surface area is 175 Å². The fourth-order valence-electron chi connectivity index (χ4n) is 5.57. The molecular weight excluding hydrogens is 384 g/mol. The Morgan fingerprint density at radius 3 is 2.67 bits per heavy atom. The normalized spacial score (nSPS) is 29.5. The molecule has 1 aliphatic carbocycles. The van der Waals surface area contributed by atoms with Crippen molar-refractivity contribution in [1.82, 2.24) is 0 Å². The summed E-state index contributed by atoms with van der Waals surface area (Å²) < 4.78 is 23.7. The third kappa shape index (κ3) is 2.36. The van der Waals surface area contributed by atoms with E-state index >= 15 is 0 Å². The van der Waals surface area contributed by atoms with Crippen LogP contribution in [-0.4, -0.2) is 44.1 Å². The maximum atomic E-state index is 12.2. The van der Waals surface area contributed by atoms with Gasteiger partial charge in [0.25, 0.3) is 0 Å². The third-order valence-electron chi connectivity index (χ3n) is 7.06. The van der Waals surface area contributed by atoms with E-state index in [1.165, 1.54) is 6.92 Å². The van der Waals surface area contributed by atoms with Gasteiger partial charge >= 0.3 is 0 Å². The number of methoxy groups -OCH3 is 3. The Morgan fingerprint density at radius 1 is 1.23 bits per heavy atom. The van der Waals surface area contributed by atoms with E-state index in [0.29, 0.717) is 12.8 Å². The highest BCUT2D eigenvalue weighted by Gasteiger charge is 2.62. The average Bonchev–Trinajstić information content (AvgIpc) is 3.24. The number of fused-ring (bicyclic) bond motifs is 8. The van der Waals surface area contributed by atoms with E-state index < -0.39 is 17.5 Å². The van der Waals surface area contributed by atoms with Crippen molar-refractivity contribution < 1.29 is 28.8 Å². The summed E-state index contributed by atoms with van der Waals surface area (Å²) in [6.07, 6.45) is 0.216. The molecule has 0 unspecified atom stereocenters. The van der Waals surface area contributed by atoms with Crippen LogP contribution in [0.25, 0.3) is 10.8 Å². The lowest BCUT2D eigenvalue weighted by molar-refractivity contribution is -0.218. The Hall–Kier alpha value is -2.25. The first-order valence-corrected chi connectivity index (χ1v) is 10.2. The fourth-order valence-corrected chi connectivity index (χ4v) is 5.57. The molecule has 2 heterocycles. The lowest BCUT2D eigenvalue weighted by atomic mass is 9.67. The van der Waals surface area contributed by atoms with Crippen LogP contribution in [0.2, 0.25) is 0 Å². The molecule has 30 heavy (non-hydrogen) atoms. The van der Waals surface area contributed by atoms with Crippen LogP contribution in [0.5, 0.6) is 5.75 Å².